The van der Waals surface area contributed by atoms with Crippen molar-refractivity contribution in [3.8, 4) is 0 Å². The number of hydrogen-bond acceptors (Lipinski definition) is 2. The number of ether oxygens (including phenoxy) is 1. The van der Waals surface area contributed by atoms with Crippen molar-refractivity contribution in [3.05, 3.63) is 28.7 Å². The number of benzene rings is 1. The molecule has 1 saturated heterocycles. The van der Waals surface area contributed by atoms with Crippen molar-refractivity contribution in [2.24, 2.45) is 0 Å². The van der Waals surface area contributed by atoms with Crippen LogP contribution < -0.4 is 5.32 Å². The molecule has 1 aliphatic heterocycles. The van der Waals surface area contributed by atoms with Gasteiger partial charge in [0.25, 0.3) is 0 Å². The van der Waals surface area contributed by atoms with Crippen LogP contribution in [-0.2, 0) is 4.74 Å². The van der Waals surface area contributed by atoms with E-state index in [1.165, 1.54) is 0 Å². The highest BCUT2D eigenvalue weighted by Gasteiger charge is 2.45. The first kappa shape index (κ1) is 12.9. The second-order valence-corrected chi connectivity index (χ2v) is 6.70. The zero-order valence-corrected chi connectivity index (χ0v) is 12.5. The lowest BCUT2D eigenvalue weighted by Gasteiger charge is -2.28. The smallest absolute Gasteiger partial charge is 0.0834 e. The maximum Gasteiger partial charge on any atom is 0.0834 e. The normalized spacial score (nSPS) is 25.8. The summed E-state index contributed by atoms with van der Waals surface area (Å²) in [5.41, 5.74) is 0.938. The molecule has 0 bridgehead atoms. The van der Waals surface area contributed by atoms with Crippen LogP contribution in [0.5, 0.6) is 0 Å². The maximum absolute atomic E-state index is 6.08. The summed E-state index contributed by atoms with van der Waals surface area (Å²) in [6.07, 6.45) is 1.02. The van der Waals surface area contributed by atoms with Gasteiger partial charge in [-0.2, -0.15) is 0 Å². The van der Waals surface area contributed by atoms with Gasteiger partial charge in [0.05, 0.1) is 17.2 Å². The van der Waals surface area contributed by atoms with Crippen LogP contribution >= 0.6 is 15.9 Å². The molecule has 1 fully saturated rings. The molecule has 1 heterocycles. The molecule has 1 aromatic rings. The van der Waals surface area contributed by atoms with Crippen molar-refractivity contribution in [1.29, 1.82) is 0 Å². The van der Waals surface area contributed by atoms with Gasteiger partial charge in [0, 0.05) is 10.2 Å². The Kier molecular flexibility index (Phi) is 3.25. The van der Waals surface area contributed by atoms with Crippen LogP contribution in [0.2, 0.25) is 0 Å². The minimum Gasteiger partial charge on any atom is -0.378 e. The number of nitrogens with one attached hydrogen (secondary N) is 1. The first-order valence-electron chi connectivity index (χ1n) is 6.01. The molecule has 1 unspecified atom stereocenters. The van der Waals surface area contributed by atoms with E-state index in [4.69, 9.17) is 4.74 Å². The Morgan fingerprint density at radius 1 is 1.24 bits per heavy atom. The standard InChI is InChI=1S/C14H20BrNO/c1-13(2)9-12(14(3,4)17-13)16-11-8-6-5-7-10(11)15/h5-8,12,16H,9H2,1-4H3. The van der Waals surface area contributed by atoms with E-state index >= 15 is 0 Å². The molecule has 0 aliphatic carbocycles. The summed E-state index contributed by atoms with van der Waals surface area (Å²) in [5.74, 6) is 0. The quantitative estimate of drug-likeness (QED) is 0.883. The topological polar surface area (TPSA) is 21.3 Å². The van der Waals surface area contributed by atoms with Crippen LogP contribution in [-0.4, -0.2) is 17.2 Å². The molecule has 17 heavy (non-hydrogen) atoms. The van der Waals surface area contributed by atoms with Crippen molar-refractivity contribution < 1.29 is 4.74 Å². The third-order valence-electron chi connectivity index (χ3n) is 3.28. The number of hydrogen-bond donors (Lipinski definition) is 1. The molecule has 0 saturated carbocycles. The summed E-state index contributed by atoms with van der Waals surface area (Å²) in [6, 6.07) is 8.54. The maximum atomic E-state index is 6.08. The van der Waals surface area contributed by atoms with Crippen LogP contribution in [0.3, 0.4) is 0 Å². The second kappa shape index (κ2) is 4.29. The van der Waals surface area contributed by atoms with Crippen molar-refractivity contribution in [2.45, 2.75) is 51.4 Å². The van der Waals surface area contributed by atoms with Crippen LogP contribution in [0.4, 0.5) is 5.69 Å². The monoisotopic (exact) mass is 297 g/mol. The zero-order valence-electron chi connectivity index (χ0n) is 10.9. The first-order chi connectivity index (χ1) is 7.80. The molecule has 1 aliphatic rings. The summed E-state index contributed by atoms with van der Waals surface area (Å²) in [7, 11) is 0. The van der Waals surface area contributed by atoms with Gasteiger partial charge in [-0.3, -0.25) is 0 Å². The lowest BCUT2D eigenvalue weighted by Crippen LogP contribution is -2.38. The van der Waals surface area contributed by atoms with Crippen molar-refractivity contribution in [2.75, 3.05) is 5.32 Å². The molecule has 2 rings (SSSR count). The van der Waals surface area contributed by atoms with Gasteiger partial charge in [-0.15, -0.1) is 0 Å². The highest BCUT2D eigenvalue weighted by atomic mass is 79.9. The molecule has 0 aromatic heterocycles. The highest BCUT2D eigenvalue weighted by molar-refractivity contribution is 9.10. The molecule has 1 N–H and O–H groups in total. The predicted octanol–water partition coefficient (Wildman–Crippen LogP) is 4.21. The van der Waals surface area contributed by atoms with Crippen LogP contribution in [0, 0.1) is 0 Å². The third-order valence-corrected chi connectivity index (χ3v) is 3.97. The lowest BCUT2D eigenvalue weighted by molar-refractivity contribution is -0.0662. The molecule has 0 spiro atoms. The summed E-state index contributed by atoms with van der Waals surface area (Å²) >= 11 is 3.57. The highest BCUT2D eigenvalue weighted by Crippen LogP contribution is 2.39. The summed E-state index contributed by atoms with van der Waals surface area (Å²) in [6.45, 7) is 8.60. The van der Waals surface area contributed by atoms with E-state index < -0.39 is 0 Å². The Labute approximate surface area is 112 Å². The number of para-hydroxylation sites is 1. The van der Waals surface area contributed by atoms with Crippen LogP contribution in [0.1, 0.15) is 34.1 Å². The van der Waals surface area contributed by atoms with Gasteiger partial charge < -0.3 is 10.1 Å². The number of rotatable bonds is 2. The minimum atomic E-state index is -0.140. The third kappa shape index (κ3) is 2.83. The van der Waals surface area contributed by atoms with Gasteiger partial charge in [0.1, 0.15) is 0 Å². The fraction of sp³-hybridized carbons (Fsp3) is 0.571. The minimum absolute atomic E-state index is 0.0532. The van der Waals surface area contributed by atoms with E-state index in [-0.39, 0.29) is 11.2 Å². The van der Waals surface area contributed by atoms with E-state index in [0.29, 0.717) is 6.04 Å². The molecule has 2 nitrogen and oxygen atoms in total. The Bertz CT molecular complexity index is 414. The number of anilines is 1. The van der Waals surface area contributed by atoms with Crippen molar-refractivity contribution in [1.82, 2.24) is 0 Å². The largest absolute Gasteiger partial charge is 0.378 e. The molecule has 0 radical (unpaired) electrons. The Morgan fingerprint density at radius 3 is 2.41 bits per heavy atom. The fourth-order valence-electron chi connectivity index (χ4n) is 2.55. The SMILES string of the molecule is CC1(C)CC(Nc2ccccc2Br)C(C)(C)O1. The van der Waals surface area contributed by atoms with Crippen LogP contribution in [0.15, 0.2) is 28.7 Å². The van der Waals surface area contributed by atoms with Gasteiger partial charge in [-0.05, 0) is 62.2 Å². The van der Waals surface area contributed by atoms with Crippen LogP contribution in [0.25, 0.3) is 0 Å². The van der Waals surface area contributed by atoms with Gasteiger partial charge >= 0.3 is 0 Å². The molecular formula is C14H20BrNO. The van der Waals surface area contributed by atoms with E-state index in [1.807, 2.05) is 12.1 Å². The average Bonchev–Trinajstić information content (AvgIpc) is 2.38. The Hall–Kier alpha value is -0.540. The van der Waals surface area contributed by atoms with Gasteiger partial charge in [0.2, 0.25) is 0 Å². The van der Waals surface area contributed by atoms with Gasteiger partial charge in [-0.25, -0.2) is 0 Å². The lowest BCUT2D eigenvalue weighted by atomic mass is 9.94. The Morgan fingerprint density at radius 2 is 1.88 bits per heavy atom. The molecule has 3 heteroatoms. The van der Waals surface area contributed by atoms with E-state index in [2.05, 4.69) is 61.1 Å². The van der Waals surface area contributed by atoms with Gasteiger partial charge in [-0.1, -0.05) is 12.1 Å². The molecular weight excluding hydrogens is 278 g/mol. The molecule has 1 atom stereocenters. The van der Waals surface area contributed by atoms with Gasteiger partial charge in [0.15, 0.2) is 0 Å². The Balaban J connectivity index is 2.17. The second-order valence-electron chi connectivity index (χ2n) is 5.85. The zero-order chi connectivity index (χ0) is 12.7. The summed E-state index contributed by atoms with van der Waals surface area (Å²) in [4.78, 5) is 0. The van der Waals surface area contributed by atoms with E-state index in [1.54, 1.807) is 0 Å². The average molecular weight is 298 g/mol. The van der Waals surface area contributed by atoms with E-state index in [0.717, 1.165) is 16.6 Å². The molecule has 94 valence electrons. The summed E-state index contributed by atoms with van der Waals surface area (Å²) < 4.78 is 7.18. The predicted molar refractivity (Wildman–Crippen MR) is 75.4 cm³/mol. The molecule has 0 amide bonds. The number of halogens is 1. The molecule has 1 aromatic carbocycles. The van der Waals surface area contributed by atoms with Crippen molar-refractivity contribution in [3.63, 3.8) is 0 Å². The van der Waals surface area contributed by atoms with Crippen molar-refractivity contribution >= 4 is 21.6 Å². The fourth-order valence-corrected chi connectivity index (χ4v) is 2.95. The van der Waals surface area contributed by atoms with E-state index in [9.17, 15) is 0 Å². The first-order valence-corrected chi connectivity index (χ1v) is 6.81. The summed E-state index contributed by atoms with van der Waals surface area (Å²) in [5, 5.41) is 3.58.